The average molecular weight is 191 g/mol. The number of hydrogen-bond acceptors (Lipinski definition) is 1. The number of hydrogen-bond donors (Lipinski definition) is 0. The van der Waals surface area contributed by atoms with Crippen molar-refractivity contribution >= 4 is 0 Å². The Balaban J connectivity index is 5.19. The summed E-state index contributed by atoms with van der Waals surface area (Å²) in [6.07, 6.45) is -4.34. The summed E-state index contributed by atoms with van der Waals surface area (Å²) in [4.78, 5) is 0. The van der Waals surface area contributed by atoms with E-state index in [0.717, 1.165) is 6.92 Å². The summed E-state index contributed by atoms with van der Waals surface area (Å²) in [7, 11) is 0. The van der Waals surface area contributed by atoms with E-state index in [2.05, 4.69) is 0 Å². The lowest BCUT2D eigenvalue weighted by atomic mass is 9.84. The second-order valence-corrected chi connectivity index (χ2v) is 3.48. The maximum absolute atomic E-state index is 12.2. The normalized spacial score (nSPS) is 14.9. The third kappa shape index (κ3) is 2.76. The Bertz CT molecular complexity index is 266. The van der Waals surface area contributed by atoms with Crippen molar-refractivity contribution < 1.29 is 13.2 Å². The molecule has 1 nitrogen and oxygen atoms in total. The van der Waals surface area contributed by atoms with E-state index >= 15 is 0 Å². The highest BCUT2D eigenvalue weighted by Gasteiger charge is 2.35. The molecule has 0 bridgehead atoms. The van der Waals surface area contributed by atoms with Gasteiger partial charge in [0.15, 0.2) is 0 Å². The summed E-state index contributed by atoms with van der Waals surface area (Å²) in [5.41, 5.74) is -1.67. The Labute approximate surface area is 75.9 Å². The number of nitrogens with zero attached hydrogens (tertiary/aromatic N) is 1. The molecule has 0 aliphatic rings. The van der Waals surface area contributed by atoms with Crippen molar-refractivity contribution in [1.29, 1.82) is 5.26 Å². The molecule has 0 radical (unpaired) electrons. The quantitative estimate of drug-likeness (QED) is 0.582. The number of allylic oxidation sites excluding steroid dienone is 2. The maximum Gasteiger partial charge on any atom is 0.412 e. The van der Waals surface area contributed by atoms with Crippen LogP contribution in [0.25, 0.3) is 0 Å². The highest BCUT2D eigenvalue weighted by Crippen LogP contribution is 2.35. The van der Waals surface area contributed by atoms with E-state index in [1.165, 1.54) is 20.8 Å². The van der Waals surface area contributed by atoms with Crippen molar-refractivity contribution in [3.05, 3.63) is 11.1 Å². The monoisotopic (exact) mass is 191 g/mol. The second kappa shape index (κ2) is 3.41. The molecule has 0 aromatic carbocycles. The molecule has 0 aliphatic carbocycles. The first-order chi connectivity index (χ1) is 5.63. The number of nitriles is 1. The van der Waals surface area contributed by atoms with Gasteiger partial charge in [-0.1, -0.05) is 0 Å². The molecule has 0 fully saturated rings. The summed E-state index contributed by atoms with van der Waals surface area (Å²) < 4.78 is 36.6. The summed E-state index contributed by atoms with van der Waals surface area (Å²) in [5.74, 6) is 0. The van der Waals surface area contributed by atoms with Gasteiger partial charge in [-0.15, -0.1) is 0 Å². The molecule has 0 amide bonds. The van der Waals surface area contributed by atoms with Gasteiger partial charge < -0.3 is 0 Å². The molecular weight excluding hydrogens is 179 g/mol. The van der Waals surface area contributed by atoms with Gasteiger partial charge in [0.25, 0.3) is 0 Å². The van der Waals surface area contributed by atoms with Crippen LogP contribution in [-0.2, 0) is 0 Å². The minimum atomic E-state index is -4.34. The van der Waals surface area contributed by atoms with Crippen molar-refractivity contribution in [1.82, 2.24) is 0 Å². The minimum Gasteiger partial charge on any atom is -0.197 e. The van der Waals surface area contributed by atoms with Gasteiger partial charge in [0.1, 0.15) is 0 Å². The van der Waals surface area contributed by atoms with Gasteiger partial charge in [0.2, 0.25) is 0 Å². The zero-order valence-electron chi connectivity index (χ0n) is 8.08. The van der Waals surface area contributed by atoms with Gasteiger partial charge in [-0.05, 0) is 33.3 Å². The Hall–Kier alpha value is -0.980. The van der Waals surface area contributed by atoms with Gasteiger partial charge in [-0.25, -0.2) is 0 Å². The van der Waals surface area contributed by atoms with Gasteiger partial charge >= 0.3 is 6.18 Å². The fourth-order valence-electron chi connectivity index (χ4n) is 0.765. The van der Waals surface area contributed by atoms with Crippen LogP contribution >= 0.6 is 0 Å². The van der Waals surface area contributed by atoms with Crippen LogP contribution in [0.1, 0.15) is 27.7 Å². The molecule has 74 valence electrons. The van der Waals surface area contributed by atoms with Crippen LogP contribution in [0.4, 0.5) is 13.2 Å². The molecule has 0 atom stereocenters. The highest BCUT2D eigenvalue weighted by atomic mass is 19.4. The molecule has 0 rings (SSSR count). The molecule has 0 aromatic rings. The third-order valence-corrected chi connectivity index (χ3v) is 2.20. The molecule has 0 heterocycles. The third-order valence-electron chi connectivity index (χ3n) is 2.20. The van der Waals surface area contributed by atoms with Crippen molar-refractivity contribution in [3.63, 3.8) is 0 Å². The lowest BCUT2D eigenvalue weighted by molar-refractivity contribution is -0.0928. The molecule has 0 aliphatic heterocycles. The number of rotatable bonds is 1. The van der Waals surface area contributed by atoms with E-state index in [1.807, 2.05) is 6.07 Å². The van der Waals surface area contributed by atoms with Crippen LogP contribution in [0.5, 0.6) is 0 Å². The first kappa shape index (κ1) is 12.0. The first-order valence-corrected chi connectivity index (χ1v) is 3.79. The molecule has 0 saturated carbocycles. The van der Waals surface area contributed by atoms with Gasteiger partial charge in [-0.3, -0.25) is 0 Å². The van der Waals surface area contributed by atoms with Crippen LogP contribution < -0.4 is 0 Å². The minimum absolute atomic E-state index is 0.0718. The molecule has 0 N–H and O–H groups in total. The maximum atomic E-state index is 12.2. The number of alkyl halides is 3. The molecule has 13 heavy (non-hydrogen) atoms. The van der Waals surface area contributed by atoms with Crippen molar-refractivity contribution in [2.75, 3.05) is 0 Å². The predicted octanol–water partition coefficient (Wildman–Crippen LogP) is 3.43. The van der Waals surface area contributed by atoms with E-state index in [0.29, 0.717) is 0 Å². The van der Waals surface area contributed by atoms with E-state index in [-0.39, 0.29) is 5.57 Å². The Morgan fingerprint density at radius 2 is 1.46 bits per heavy atom. The smallest absolute Gasteiger partial charge is 0.197 e. The molecule has 0 unspecified atom stereocenters. The molecule has 0 saturated heterocycles. The molecular formula is C9H12F3N. The van der Waals surface area contributed by atoms with Crippen molar-refractivity contribution in [2.24, 2.45) is 5.41 Å². The van der Waals surface area contributed by atoms with Gasteiger partial charge in [0.05, 0.1) is 11.5 Å². The first-order valence-electron chi connectivity index (χ1n) is 3.79. The summed E-state index contributed by atoms with van der Waals surface area (Å²) in [6.45, 7) is 5.27. The summed E-state index contributed by atoms with van der Waals surface area (Å²) >= 11 is 0. The van der Waals surface area contributed by atoms with E-state index in [9.17, 15) is 13.2 Å². The fourth-order valence-corrected chi connectivity index (χ4v) is 0.765. The van der Waals surface area contributed by atoms with Crippen molar-refractivity contribution in [3.8, 4) is 6.07 Å². The average Bonchev–Trinajstić information content (AvgIpc) is 2.00. The van der Waals surface area contributed by atoms with E-state index < -0.39 is 17.2 Å². The Morgan fingerprint density at radius 1 is 1.08 bits per heavy atom. The fraction of sp³-hybridized carbons (Fsp3) is 0.667. The van der Waals surface area contributed by atoms with Crippen LogP contribution in [0.2, 0.25) is 0 Å². The molecule has 0 aromatic heterocycles. The van der Waals surface area contributed by atoms with Crippen molar-refractivity contribution in [2.45, 2.75) is 33.9 Å². The predicted molar refractivity (Wildman–Crippen MR) is 43.8 cm³/mol. The Morgan fingerprint density at radius 3 is 1.69 bits per heavy atom. The molecule has 0 spiro atoms. The van der Waals surface area contributed by atoms with Crippen LogP contribution in [0.3, 0.4) is 0 Å². The van der Waals surface area contributed by atoms with Crippen LogP contribution in [0.15, 0.2) is 11.1 Å². The topological polar surface area (TPSA) is 23.8 Å². The van der Waals surface area contributed by atoms with Gasteiger partial charge in [0, 0.05) is 5.57 Å². The largest absolute Gasteiger partial charge is 0.412 e. The summed E-state index contributed by atoms with van der Waals surface area (Å²) in [6, 6.07) is 1.84. The van der Waals surface area contributed by atoms with E-state index in [4.69, 9.17) is 5.26 Å². The van der Waals surface area contributed by atoms with Crippen LogP contribution in [0, 0.1) is 16.7 Å². The Kier molecular flexibility index (Phi) is 3.15. The van der Waals surface area contributed by atoms with Gasteiger partial charge in [-0.2, -0.15) is 18.4 Å². The molecule has 4 heteroatoms. The second-order valence-electron chi connectivity index (χ2n) is 3.48. The lowest BCUT2D eigenvalue weighted by Crippen LogP contribution is -2.18. The summed E-state index contributed by atoms with van der Waals surface area (Å²) in [5, 5.41) is 8.63. The SMILES string of the molecule is C/C(=C(\C)C(C)(C)C#N)C(F)(F)F. The highest BCUT2D eigenvalue weighted by molar-refractivity contribution is 5.26. The standard InChI is InChI=1S/C9H12F3N/c1-6(8(3,4)5-13)7(2)9(10,11)12/h1-4H3/b7-6-. The zero-order chi connectivity index (χ0) is 10.9. The lowest BCUT2D eigenvalue weighted by Gasteiger charge is -2.20. The van der Waals surface area contributed by atoms with Crippen LogP contribution in [-0.4, -0.2) is 6.18 Å². The number of halogens is 3. The van der Waals surface area contributed by atoms with E-state index in [1.54, 1.807) is 0 Å². The zero-order valence-corrected chi connectivity index (χ0v) is 8.08.